The lowest BCUT2D eigenvalue weighted by Crippen LogP contribution is -2.57. The molecule has 0 saturated carbocycles. The molecule has 0 unspecified atom stereocenters. The number of rotatable bonds is 8. The summed E-state index contributed by atoms with van der Waals surface area (Å²) in [7, 11) is 0.302. The van der Waals surface area contributed by atoms with Gasteiger partial charge in [0.05, 0.1) is 29.5 Å². The van der Waals surface area contributed by atoms with Crippen molar-refractivity contribution in [3.8, 4) is 0 Å². The predicted molar refractivity (Wildman–Crippen MR) is 116 cm³/mol. The first-order chi connectivity index (χ1) is 14.6. The van der Waals surface area contributed by atoms with Crippen LogP contribution in [0.2, 0.25) is 10.0 Å². The third-order valence-corrected chi connectivity index (χ3v) is 4.98. The van der Waals surface area contributed by atoms with Gasteiger partial charge in [-0.05, 0) is 30.5 Å². The first kappa shape index (κ1) is 25.0. The van der Waals surface area contributed by atoms with Gasteiger partial charge in [0.1, 0.15) is 6.10 Å². The first-order valence-corrected chi connectivity index (χ1v) is 10.5. The summed E-state index contributed by atoms with van der Waals surface area (Å²) in [5.41, 5.74) is 0.138. The first-order valence-electron chi connectivity index (χ1n) is 9.69. The molecule has 1 aromatic carbocycles. The fourth-order valence-electron chi connectivity index (χ4n) is 2.99. The number of hydrogen-bond acceptors (Lipinski definition) is 6. The third-order valence-electron chi connectivity index (χ3n) is 4.42. The van der Waals surface area contributed by atoms with Crippen LogP contribution in [-0.2, 0) is 23.7 Å². The molecule has 1 fully saturated rings. The summed E-state index contributed by atoms with van der Waals surface area (Å²) < 4.78 is 10.8. The molecule has 0 spiro atoms. The van der Waals surface area contributed by atoms with Crippen LogP contribution in [0.3, 0.4) is 0 Å². The lowest BCUT2D eigenvalue weighted by atomic mass is 9.72. The van der Waals surface area contributed by atoms with Gasteiger partial charge in [-0.2, -0.15) is 0 Å². The average Bonchev–Trinajstić information content (AvgIpc) is 2.71. The number of likely N-dealkylation sites (N-methyl/N-ethyl adjacent to an activating group) is 1. The highest BCUT2D eigenvalue weighted by molar-refractivity contribution is 6.50. The van der Waals surface area contributed by atoms with Crippen LogP contribution in [0.15, 0.2) is 18.2 Å². The van der Waals surface area contributed by atoms with Gasteiger partial charge in [-0.1, -0.05) is 37.0 Å². The maximum atomic E-state index is 12.5. The zero-order valence-corrected chi connectivity index (χ0v) is 18.9. The van der Waals surface area contributed by atoms with E-state index in [4.69, 9.17) is 32.5 Å². The van der Waals surface area contributed by atoms with Crippen LogP contribution in [0.4, 0.5) is 0 Å². The Balaban J connectivity index is 2.02. The molecule has 1 aromatic rings. The van der Waals surface area contributed by atoms with Crippen LogP contribution >= 0.6 is 23.2 Å². The molecule has 0 aliphatic carbocycles. The molecule has 2 atom stereocenters. The minimum atomic E-state index is -1.13. The summed E-state index contributed by atoms with van der Waals surface area (Å²) in [6.07, 6.45) is -0.805. The lowest BCUT2D eigenvalue weighted by Gasteiger charge is -2.31. The van der Waals surface area contributed by atoms with Gasteiger partial charge < -0.3 is 25.3 Å². The summed E-state index contributed by atoms with van der Waals surface area (Å²) in [6, 6.07) is 4.42. The molecule has 0 radical (unpaired) electrons. The third kappa shape index (κ3) is 7.41. The molecule has 3 N–H and O–H groups in total. The lowest BCUT2D eigenvalue weighted by molar-refractivity contribution is -0.149. The van der Waals surface area contributed by atoms with E-state index in [0.29, 0.717) is 11.4 Å². The predicted octanol–water partition coefficient (Wildman–Crippen LogP) is 1.36. The van der Waals surface area contributed by atoms with Gasteiger partial charge >= 0.3 is 7.12 Å². The zero-order valence-electron chi connectivity index (χ0n) is 17.4. The Hall–Kier alpha value is -2.30. The molecule has 168 valence electrons. The topological polar surface area (TPSA) is 123 Å². The zero-order chi connectivity index (χ0) is 23.1. The van der Waals surface area contributed by atoms with Gasteiger partial charge in [0.2, 0.25) is 11.8 Å². The van der Waals surface area contributed by atoms with E-state index in [1.54, 1.807) is 6.07 Å². The van der Waals surface area contributed by atoms with Gasteiger partial charge in [-0.15, -0.1) is 0 Å². The second-order valence-corrected chi connectivity index (χ2v) is 8.26. The summed E-state index contributed by atoms with van der Waals surface area (Å²) >= 11 is 11.9. The van der Waals surface area contributed by atoms with Gasteiger partial charge in [0, 0.05) is 12.1 Å². The van der Waals surface area contributed by atoms with E-state index in [1.165, 1.54) is 19.2 Å². The normalized spacial score (nSPS) is 17.0. The van der Waals surface area contributed by atoms with Gasteiger partial charge in [-0.25, -0.2) is 0 Å². The van der Waals surface area contributed by atoms with Crippen molar-refractivity contribution in [1.82, 2.24) is 16.0 Å². The fraction of sp³-hybridized carbons (Fsp3) is 0.474. The van der Waals surface area contributed by atoms with Crippen LogP contribution in [0, 0.1) is 5.92 Å². The molecule has 3 amide bonds. The Morgan fingerprint density at radius 2 is 1.97 bits per heavy atom. The van der Waals surface area contributed by atoms with Gasteiger partial charge in [-0.3, -0.25) is 19.2 Å². The average molecular weight is 472 g/mol. The van der Waals surface area contributed by atoms with Crippen molar-refractivity contribution in [3.63, 3.8) is 0 Å². The van der Waals surface area contributed by atoms with Crippen molar-refractivity contribution in [1.29, 1.82) is 0 Å². The van der Waals surface area contributed by atoms with Crippen LogP contribution in [-0.4, -0.2) is 56.4 Å². The van der Waals surface area contributed by atoms with Crippen LogP contribution in [0.1, 0.15) is 37.0 Å². The molecule has 2 rings (SSSR count). The van der Waals surface area contributed by atoms with E-state index in [0.717, 1.165) is 0 Å². The van der Waals surface area contributed by atoms with Crippen molar-refractivity contribution in [2.75, 3.05) is 13.6 Å². The summed E-state index contributed by atoms with van der Waals surface area (Å²) in [5.74, 6) is -2.75. The largest absolute Gasteiger partial charge is 0.551 e. The van der Waals surface area contributed by atoms with E-state index >= 15 is 0 Å². The maximum Gasteiger partial charge on any atom is 0.551 e. The number of amides is 3. The fourth-order valence-corrected chi connectivity index (χ4v) is 3.37. The molecular formula is C19H24BCl2N3O6. The quantitative estimate of drug-likeness (QED) is 0.492. The Labute approximate surface area is 190 Å². The summed E-state index contributed by atoms with van der Waals surface area (Å²) in [4.78, 5) is 48.6. The van der Waals surface area contributed by atoms with Crippen LogP contribution < -0.4 is 16.0 Å². The highest BCUT2D eigenvalue weighted by Gasteiger charge is 2.43. The Morgan fingerprint density at radius 3 is 2.61 bits per heavy atom. The minimum Gasteiger partial charge on any atom is -0.508 e. The second-order valence-electron chi connectivity index (χ2n) is 7.41. The summed E-state index contributed by atoms with van der Waals surface area (Å²) in [5, 5.41) is 8.12. The number of nitrogens with one attached hydrogen (secondary N) is 3. The van der Waals surface area contributed by atoms with Crippen molar-refractivity contribution in [2.24, 2.45) is 5.92 Å². The van der Waals surface area contributed by atoms with E-state index in [1.807, 2.05) is 13.8 Å². The molecule has 1 heterocycles. The highest BCUT2D eigenvalue weighted by atomic mass is 35.5. The van der Waals surface area contributed by atoms with Crippen molar-refractivity contribution in [2.45, 2.75) is 38.7 Å². The van der Waals surface area contributed by atoms with E-state index in [-0.39, 0.29) is 29.5 Å². The molecule has 1 aliphatic rings. The Morgan fingerprint density at radius 1 is 1.26 bits per heavy atom. The molecule has 1 aliphatic heterocycles. The number of benzene rings is 1. The number of halogens is 2. The SMILES string of the molecule is CNC(=O)[C@H]1CC(=O)OB([C@H](CC(C)C)NC(=O)CNC(=O)c2cc(Cl)ccc2Cl)O1. The monoisotopic (exact) mass is 471 g/mol. The van der Waals surface area contributed by atoms with Crippen molar-refractivity contribution in [3.05, 3.63) is 33.8 Å². The van der Waals surface area contributed by atoms with Gasteiger partial charge in [0.25, 0.3) is 11.9 Å². The van der Waals surface area contributed by atoms with E-state index in [2.05, 4.69) is 16.0 Å². The summed E-state index contributed by atoms with van der Waals surface area (Å²) in [6.45, 7) is 3.49. The minimum absolute atomic E-state index is 0.118. The van der Waals surface area contributed by atoms with Crippen molar-refractivity contribution < 1.29 is 28.5 Å². The number of hydrogen-bond donors (Lipinski definition) is 3. The molecule has 0 bridgehead atoms. The van der Waals surface area contributed by atoms with Crippen molar-refractivity contribution >= 4 is 54.0 Å². The smallest absolute Gasteiger partial charge is 0.508 e. The maximum absolute atomic E-state index is 12.5. The van der Waals surface area contributed by atoms with Gasteiger partial charge in [0.15, 0.2) is 0 Å². The Bertz CT molecular complexity index is 854. The molecule has 31 heavy (non-hydrogen) atoms. The molecule has 12 heteroatoms. The molecule has 9 nitrogen and oxygen atoms in total. The molecule has 1 saturated heterocycles. The van der Waals surface area contributed by atoms with E-state index < -0.39 is 42.9 Å². The number of carbonyl (C=O) groups is 4. The highest BCUT2D eigenvalue weighted by Crippen LogP contribution is 2.20. The van der Waals surface area contributed by atoms with Crippen LogP contribution in [0.5, 0.6) is 0 Å². The van der Waals surface area contributed by atoms with E-state index in [9.17, 15) is 19.2 Å². The molecule has 0 aromatic heterocycles. The van der Waals surface area contributed by atoms with Crippen LogP contribution in [0.25, 0.3) is 0 Å². The molecular weight excluding hydrogens is 448 g/mol. The Kier molecular flexibility index (Phi) is 9.15. The standard InChI is InChI=1S/C19H24BCl2N3O6/c1-10(2)6-15(20-30-14(19(29)23-3)8-17(27)31-20)25-16(26)9-24-18(28)12-7-11(21)4-5-13(12)22/h4-5,7,10,14-15H,6,8-9H2,1-3H3,(H,23,29)(H,24,28)(H,25,26)/t14-,15+/m1/s1. The second kappa shape index (κ2) is 11.4. The number of carbonyl (C=O) groups excluding carboxylic acids is 4.